The molecule has 104 valence electrons. The maximum Gasteiger partial charge on any atom is 0.509 e. The van der Waals surface area contributed by atoms with Crippen LogP contribution in [0.4, 0.5) is 9.59 Å². The van der Waals surface area contributed by atoms with Crippen LogP contribution in [0.2, 0.25) is 0 Å². The Balaban J connectivity index is 3.21. The number of hydrogen-bond donors (Lipinski definition) is 3. The van der Waals surface area contributed by atoms with E-state index in [1.54, 1.807) is 13.8 Å². The van der Waals surface area contributed by atoms with Crippen LogP contribution in [-0.4, -0.2) is 39.5 Å². The van der Waals surface area contributed by atoms with Crippen molar-refractivity contribution in [1.82, 2.24) is 0 Å². The van der Waals surface area contributed by atoms with Gasteiger partial charge in [-0.2, -0.15) is 0 Å². The first-order valence-corrected chi connectivity index (χ1v) is 5.85. The molecule has 0 radical (unpaired) electrons. The van der Waals surface area contributed by atoms with E-state index in [1.165, 1.54) is 0 Å². The molecule has 0 heterocycles. The summed E-state index contributed by atoms with van der Waals surface area (Å²) < 4.78 is 9.46. The average molecular weight is 262 g/mol. The van der Waals surface area contributed by atoms with Crippen LogP contribution in [0.25, 0.3) is 0 Å². The number of aliphatic hydroxyl groups excluding tert-OH is 1. The molecule has 3 N–H and O–H groups in total. The Morgan fingerprint density at radius 2 is 1.61 bits per heavy atom. The van der Waals surface area contributed by atoms with Gasteiger partial charge >= 0.3 is 12.3 Å². The first-order valence-electron chi connectivity index (χ1n) is 5.85. The molecule has 0 saturated heterocycles. The molecular formula is C11H18O7. The van der Waals surface area contributed by atoms with Crippen LogP contribution in [-0.2, 0) is 9.47 Å². The number of aliphatic hydroxyl groups is 1. The van der Waals surface area contributed by atoms with E-state index >= 15 is 0 Å². The largest absolute Gasteiger partial charge is 0.509 e. The number of rotatable bonds is 4. The van der Waals surface area contributed by atoms with Crippen LogP contribution in [0.15, 0.2) is 0 Å². The normalized spacial score (nSPS) is 24.5. The van der Waals surface area contributed by atoms with Crippen molar-refractivity contribution in [3.63, 3.8) is 0 Å². The molecule has 1 fully saturated rings. The Morgan fingerprint density at radius 3 is 1.94 bits per heavy atom. The average Bonchev–Trinajstić information content (AvgIpc) is 2.51. The van der Waals surface area contributed by atoms with Crippen molar-refractivity contribution in [1.29, 1.82) is 0 Å². The minimum atomic E-state index is -1.83. The summed E-state index contributed by atoms with van der Waals surface area (Å²) in [6.07, 6.45) is -3.12. The number of carbonyl (C=O) groups is 2. The van der Waals surface area contributed by atoms with E-state index in [2.05, 4.69) is 0 Å². The van der Waals surface area contributed by atoms with Crippen LogP contribution in [0, 0.1) is 5.41 Å². The molecule has 1 unspecified atom stereocenters. The molecule has 7 nitrogen and oxygen atoms in total. The monoisotopic (exact) mass is 262 g/mol. The second-order valence-corrected chi connectivity index (χ2v) is 4.41. The molecule has 1 aliphatic carbocycles. The lowest BCUT2D eigenvalue weighted by Gasteiger charge is -2.42. The van der Waals surface area contributed by atoms with E-state index in [9.17, 15) is 14.7 Å². The highest BCUT2D eigenvalue weighted by molar-refractivity contribution is 5.60. The van der Waals surface area contributed by atoms with Gasteiger partial charge in [-0.25, -0.2) is 9.59 Å². The van der Waals surface area contributed by atoms with E-state index in [-0.39, 0.29) is 12.8 Å². The van der Waals surface area contributed by atoms with Gasteiger partial charge in [0.25, 0.3) is 5.79 Å². The lowest BCUT2D eigenvalue weighted by molar-refractivity contribution is -0.252. The highest BCUT2D eigenvalue weighted by atomic mass is 16.8. The summed E-state index contributed by atoms with van der Waals surface area (Å²) in [5.41, 5.74) is -1.04. The molecule has 1 rings (SSSR count). The van der Waals surface area contributed by atoms with E-state index in [1.807, 2.05) is 0 Å². The predicted octanol–water partition coefficient (Wildman–Crippen LogP) is 2.03. The smallest absolute Gasteiger partial charge is 0.450 e. The van der Waals surface area contributed by atoms with Gasteiger partial charge in [0.05, 0.1) is 11.5 Å². The third-order valence-electron chi connectivity index (χ3n) is 3.91. The van der Waals surface area contributed by atoms with Gasteiger partial charge in [0, 0.05) is 6.42 Å². The molecule has 1 atom stereocenters. The third kappa shape index (κ3) is 2.10. The zero-order valence-electron chi connectivity index (χ0n) is 10.4. The van der Waals surface area contributed by atoms with Crippen molar-refractivity contribution in [3.05, 3.63) is 0 Å². The zero-order valence-corrected chi connectivity index (χ0v) is 10.4. The van der Waals surface area contributed by atoms with Crippen molar-refractivity contribution in [2.24, 2.45) is 5.41 Å². The van der Waals surface area contributed by atoms with Crippen molar-refractivity contribution < 1.29 is 34.4 Å². The van der Waals surface area contributed by atoms with Crippen molar-refractivity contribution >= 4 is 12.3 Å². The van der Waals surface area contributed by atoms with Gasteiger partial charge in [-0.05, 0) is 19.3 Å². The van der Waals surface area contributed by atoms with Gasteiger partial charge in [0.15, 0.2) is 0 Å². The summed E-state index contributed by atoms with van der Waals surface area (Å²) in [6.45, 7) is 3.48. The first kappa shape index (κ1) is 14.6. The fraction of sp³-hybridized carbons (Fsp3) is 0.818. The van der Waals surface area contributed by atoms with Gasteiger partial charge in [-0.1, -0.05) is 13.8 Å². The minimum Gasteiger partial charge on any atom is -0.450 e. The molecule has 0 aromatic heterocycles. The minimum absolute atomic E-state index is 0.0223. The molecule has 0 aromatic carbocycles. The van der Waals surface area contributed by atoms with E-state index < -0.39 is 29.6 Å². The second-order valence-electron chi connectivity index (χ2n) is 4.41. The summed E-state index contributed by atoms with van der Waals surface area (Å²) in [4.78, 5) is 21.6. The Labute approximate surface area is 104 Å². The number of hydrogen-bond acceptors (Lipinski definition) is 5. The van der Waals surface area contributed by atoms with Gasteiger partial charge in [-0.3, -0.25) is 0 Å². The van der Waals surface area contributed by atoms with Gasteiger partial charge in [0.1, 0.15) is 0 Å². The van der Waals surface area contributed by atoms with Crippen LogP contribution >= 0.6 is 0 Å². The lowest BCUT2D eigenvalue weighted by atomic mass is 9.74. The van der Waals surface area contributed by atoms with Crippen molar-refractivity contribution in [3.8, 4) is 0 Å². The maximum absolute atomic E-state index is 10.8. The summed E-state index contributed by atoms with van der Waals surface area (Å²) in [5, 5.41) is 27.6. The van der Waals surface area contributed by atoms with Crippen LogP contribution in [0.3, 0.4) is 0 Å². The molecule has 0 aliphatic heterocycles. The van der Waals surface area contributed by atoms with E-state index in [0.717, 1.165) is 0 Å². The summed E-state index contributed by atoms with van der Waals surface area (Å²) in [5.74, 6) is -1.83. The molecule has 1 saturated carbocycles. The molecule has 0 spiro atoms. The molecular weight excluding hydrogens is 244 g/mol. The Kier molecular flexibility index (Phi) is 4.05. The standard InChI is InChI=1S/C11H18O7/c1-3-10(4-2)7(12)5-6-11(10,17-8(13)14)18-9(15)16/h7,12H,3-6H2,1-2H3,(H,13,14)(H,15,16). The van der Waals surface area contributed by atoms with Crippen molar-refractivity contribution in [2.75, 3.05) is 0 Å². The first-order chi connectivity index (χ1) is 8.33. The Bertz CT molecular complexity index is 318. The Morgan fingerprint density at radius 1 is 1.17 bits per heavy atom. The lowest BCUT2D eigenvalue weighted by Crippen LogP contribution is -2.53. The highest BCUT2D eigenvalue weighted by Gasteiger charge is 2.64. The van der Waals surface area contributed by atoms with Crippen LogP contribution < -0.4 is 0 Å². The predicted molar refractivity (Wildman–Crippen MR) is 59.2 cm³/mol. The molecule has 7 heteroatoms. The molecule has 0 bridgehead atoms. The number of ether oxygens (including phenoxy) is 2. The molecule has 0 aromatic rings. The van der Waals surface area contributed by atoms with Gasteiger partial charge in [-0.15, -0.1) is 0 Å². The summed E-state index contributed by atoms with van der Waals surface area (Å²) >= 11 is 0. The SMILES string of the molecule is CCC1(CC)C(O)CCC1(OC(=O)O)OC(=O)O. The topological polar surface area (TPSA) is 113 Å². The highest BCUT2D eigenvalue weighted by Crippen LogP contribution is 2.54. The van der Waals surface area contributed by atoms with Gasteiger partial charge < -0.3 is 24.8 Å². The summed E-state index contributed by atoms with van der Waals surface area (Å²) in [7, 11) is 0. The summed E-state index contributed by atoms with van der Waals surface area (Å²) in [6, 6.07) is 0. The van der Waals surface area contributed by atoms with Crippen LogP contribution in [0.5, 0.6) is 0 Å². The van der Waals surface area contributed by atoms with Gasteiger partial charge in [0.2, 0.25) is 0 Å². The fourth-order valence-electron chi connectivity index (χ4n) is 2.97. The molecule has 0 amide bonds. The quantitative estimate of drug-likeness (QED) is 0.524. The fourth-order valence-corrected chi connectivity index (χ4v) is 2.97. The molecule has 18 heavy (non-hydrogen) atoms. The maximum atomic E-state index is 10.8. The second kappa shape index (κ2) is 5.01. The van der Waals surface area contributed by atoms with E-state index in [4.69, 9.17) is 19.7 Å². The third-order valence-corrected chi connectivity index (χ3v) is 3.91. The Hall–Kier alpha value is -1.50. The zero-order chi connectivity index (χ0) is 14.0. The van der Waals surface area contributed by atoms with Crippen molar-refractivity contribution in [2.45, 2.75) is 51.4 Å². The number of carboxylic acid groups (broad SMARTS) is 2. The molecule has 1 aliphatic rings. The van der Waals surface area contributed by atoms with Crippen LogP contribution in [0.1, 0.15) is 39.5 Å². The van der Waals surface area contributed by atoms with E-state index in [0.29, 0.717) is 12.8 Å².